The Bertz CT molecular complexity index is 1090. The largest absolute Gasteiger partial charge is 0.356 e. The number of carbonyl (C=O) groups is 2. The van der Waals surface area contributed by atoms with E-state index in [1.165, 1.54) is 16.6 Å². The molecule has 2 aliphatic rings. The summed E-state index contributed by atoms with van der Waals surface area (Å²) in [6.07, 6.45) is 4.50. The molecule has 0 bridgehead atoms. The zero-order valence-electron chi connectivity index (χ0n) is 17.7. The van der Waals surface area contributed by atoms with Gasteiger partial charge in [-0.15, -0.1) is 0 Å². The maximum atomic E-state index is 13.2. The van der Waals surface area contributed by atoms with Crippen LogP contribution in [-0.4, -0.2) is 60.6 Å². The van der Waals surface area contributed by atoms with E-state index in [0.717, 1.165) is 18.4 Å². The van der Waals surface area contributed by atoms with E-state index in [4.69, 9.17) is 11.6 Å². The Morgan fingerprint density at radius 2 is 1.88 bits per heavy atom. The first-order valence-corrected chi connectivity index (χ1v) is 12.7. The number of hydrogen-bond acceptors (Lipinski definition) is 4. The minimum Gasteiger partial charge on any atom is -0.356 e. The number of likely N-dealkylation sites (tertiary alicyclic amines) is 1. The summed E-state index contributed by atoms with van der Waals surface area (Å²) in [5.41, 5.74) is 1.09. The second-order valence-electron chi connectivity index (χ2n) is 8.26. The van der Waals surface area contributed by atoms with Crippen LogP contribution in [0.3, 0.4) is 0 Å². The van der Waals surface area contributed by atoms with E-state index in [1.54, 1.807) is 11.0 Å². The Kier molecular flexibility index (Phi) is 6.88. The van der Waals surface area contributed by atoms with Crippen LogP contribution in [0.4, 0.5) is 0 Å². The van der Waals surface area contributed by atoms with E-state index in [1.807, 2.05) is 18.2 Å². The molecule has 3 heterocycles. The predicted octanol–water partition coefficient (Wildman–Crippen LogP) is 2.62. The van der Waals surface area contributed by atoms with Gasteiger partial charge in [0.25, 0.3) is 5.91 Å². The number of aromatic nitrogens is 1. The number of H-pyrrole nitrogens is 1. The Hall–Kier alpha value is -2.36. The first-order valence-electron chi connectivity index (χ1n) is 10.9. The molecule has 2 aliphatic heterocycles. The summed E-state index contributed by atoms with van der Waals surface area (Å²) in [5, 5.41) is 3.45. The van der Waals surface area contributed by atoms with Gasteiger partial charge >= 0.3 is 0 Å². The van der Waals surface area contributed by atoms with Crippen molar-refractivity contribution in [2.75, 3.05) is 26.2 Å². The van der Waals surface area contributed by atoms with Crippen molar-refractivity contribution >= 4 is 33.4 Å². The number of carbonyl (C=O) groups excluding carboxylic acids is 2. The van der Waals surface area contributed by atoms with Crippen LogP contribution in [0.2, 0.25) is 5.02 Å². The van der Waals surface area contributed by atoms with Crippen LogP contribution in [0, 0.1) is 5.92 Å². The molecule has 0 radical (unpaired) electrons. The quantitative estimate of drug-likeness (QED) is 0.666. The van der Waals surface area contributed by atoms with Crippen LogP contribution >= 0.6 is 11.6 Å². The van der Waals surface area contributed by atoms with Crippen molar-refractivity contribution in [2.24, 2.45) is 5.92 Å². The highest BCUT2D eigenvalue weighted by atomic mass is 35.5. The first-order chi connectivity index (χ1) is 15.4. The highest BCUT2D eigenvalue weighted by molar-refractivity contribution is 7.89. The minimum atomic E-state index is -3.81. The fourth-order valence-electron chi connectivity index (χ4n) is 4.23. The summed E-state index contributed by atoms with van der Waals surface area (Å²) in [6.45, 7) is 2.13. The van der Waals surface area contributed by atoms with Crippen LogP contribution in [-0.2, 0) is 21.4 Å². The number of nitrogens with one attached hydrogen (secondary N) is 2. The summed E-state index contributed by atoms with van der Waals surface area (Å²) >= 11 is 6.14. The second-order valence-corrected chi connectivity index (χ2v) is 10.6. The third kappa shape index (κ3) is 4.84. The summed E-state index contributed by atoms with van der Waals surface area (Å²) in [5.74, 6) is -0.811. The highest BCUT2D eigenvalue weighted by Crippen LogP contribution is 2.25. The van der Waals surface area contributed by atoms with Crippen LogP contribution in [0.25, 0.3) is 0 Å². The zero-order valence-corrected chi connectivity index (χ0v) is 19.3. The molecule has 172 valence electrons. The molecule has 0 unspecified atom stereocenters. The van der Waals surface area contributed by atoms with Gasteiger partial charge in [-0.1, -0.05) is 29.8 Å². The predicted molar refractivity (Wildman–Crippen MR) is 121 cm³/mol. The number of aromatic amines is 1. The number of rotatable bonds is 6. The van der Waals surface area contributed by atoms with E-state index in [9.17, 15) is 18.0 Å². The van der Waals surface area contributed by atoms with Gasteiger partial charge in [-0.2, -0.15) is 4.31 Å². The molecule has 4 rings (SSSR count). The highest BCUT2D eigenvalue weighted by Gasteiger charge is 2.34. The lowest BCUT2D eigenvalue weighted by molar-refractivity contribution is -0.126. The number of sulfonamides is 1. The smallest absolute Gasteiger partial charge is 0.270 e. The second kappa shape index (κ2) is 9.64. The molecular formula is C22H27ClN4O4S. The first kappa shape index (κ1) is 22.8. The van der Waals surface area contributed by atoms with Gasteiger partial charge in [-0.3, -0.25) is 9.59 Å². The van der Waals surface area contributed by atoms with Crippen molar-refractivity contribution < 1.29 is 18.0 Å². The Balaban J connectivity index is 1.40. The average molecular weight is 479 g/mol. The molecule has 2 N–H and O–H groups in total. The topological polar surface area (TPSA) is 103 Å². The molecule has 2 fully saturated rings. The maximum Gasteiger partial charge on any atom is 0.270 e. The van der Waals surface area contributed by atoms with Crippen molar-refractivity contribution in [3.05, 3.63) is 52.8 Å². The zero-order chi connectivity index (χ0) is 22.7. The summed E-state index contributed by atoms with van der Waals surface area (Å²) in [4.78, 5) is 29.8. The summed E-state index contributed by atoms with van der Waals surface area (Å²) < 4.78 is 27.7. The third-order valence-electron chi connectivity index (χ3n) is 6.08. The van der Waals surface area contributed by atoms with Crippen LogP contribution < -0.4 is 5.32 Å². The van der Waals surface area contributed by atoms with Gasteiger partial charge in [0.1, 0.15) is 10.6 Å². The fraction of sp³-hybridized carbons (Fsp3) is 0.455. The molecule has 0 saturated carbocycles. The lowest BCUT2D eigenvalue weighted by atomic mass is 9.99. The number of piperidine rings is 1. The number of amides is 2. The van der Waals surface area contributed by atoms with Crippen molar-refractivity contribution in [1.29, 1.82) is 0 Å². The van der Waals surface area contributed by atoms with E-state index in [2.05, 4.69) is 10.3 Å². The van der Waals surface area contributed by atoms with Crippen LogP contribution in [0.5, 0.6) is 0 Å². The molecule has 1 atom stereocenters. The molecule has 2 aromatic rings. The normalized spacial score (nSPS) is 19.8. The summed E-state index contributed by atoms with van der Waals surface area (Å²) in [7, 11) is -3.81. The molecule has 8 nitrogen and oxygen atoms in total. The standard InChI is InChI=1S/C22H27ClN4O4S/c23-19-8-2-1-6-16(19)13-25-21(28)17-7-5-11-27(15-17)32(30,31)18-12-20(24-14-18)22(29)26-9-3-4-10-26/h1-2,6,8,12,14,17,24H,3-5,7,9-11,13,15H2,(H,25,28)/t17-/m0/s1. The molecule has 1 aromatic heterocycles. The van der Waals surface area contributed by atoms with Gasteiger partial charge in [0.15, 0.2) is 0 Å². The Morgan fingerprint density at radius 3 is 2.62 bits per heavy atom. The monoisotopic (exact) mass is 478 g/mol. The van der Waals surface area contributed by atoms with Gasteiger partial charge in [0, 0.05) is 43.9 Å². The SMILES string of the molecule is O=C(NCc1ccccc1Cl)[C@H]1CCCN(S(=O)(=O)c2c[nH]c(C(=O)N3CCCC3)c2)C1. The minimum absolute atomic E-state index is 0.0529. The maximum absolute atomic E-state index is 13.2. The van der Waals surface area contributed by atoms with Gasteiger partial charge < -0.3 is 15.2 Å². The lowest BCUT2D eigenvalue weighted by Crippen LogP contribution is -2.45. The Morgan fingerprint density at radius 1 is 1.12 bits per heavy atom. The number of benzene rings is 1. The number of nitrogens with zero attached hydrogens (tertiary/aromatic N) is 2. The fourth-order valence-corrected chi connectivity index (χ4v) is 5.95. The van der Waals surface area contributed by atoms with Crippen molar-refractivity contribution in [1.82, 2.24) is 19.5 Å². The lowest BCUT2D eigenvalue weighted by Gasteiger charge is -2.31. The van der Waals surface area contributed by atoms with E-state index in [-0.39, 0.29) is 28.9 Å². The molecule has 0 spiro atoms. The van der Waals surface area contributed by atoms with Gasteiger partial charge in [0.05, 0.1) is 5.92 Å². The Labute approximate surface area is 193 Å². The van der Waals surface area contributed by atoms with E-state index >= 15 is 0 Å². The van der Waals surface area contributed by atoms with Gasteiger partial charge in [-0.25, -0.2) is 8.42 Å². The summed E-state index contributed by atoms with van der Waals surface area (Å²) in [6, 6.07) is 8.67. The molecular weight excluding hydrogens is 452 g/mol. The van der Waals surface area contributed by atoms with E-state index in [0.29, 0.717) is 44.0 Å². The molecule has 10 heteroatoms. The third-order valence-corrected chi connectivity index (χ3v) is 8.30. The van der Waals surface area contributed by atoms with Crippen molar-refractivity contribution in [3.8, 4) is 0 Å². The van der Waals surface area contributed by atoms with E-state index < -0.39 is 15.9 Å². The van der Waals surface area contributed by atoms with Gasteiger partial charge in [0.2, 0.25) is 15.9 Å². The molecule has 1 aromatic carbocycles. The van der Waals surface area contributed by atoms with Crippen molar-refractivity contribution in [3.63, 3.8) is 0 Å². The van der Waals surface area contributed by atoms with Crippen molar-refractivity contribution in [2.45, 2.75) is 37.1 Å². The average Bonchev–Trinajstić information content (AvgIpc) is 3.51. The van der Waals surface area contributed by atoms with Crippen LogP contribution in [0.1, 0.15) is 41.7 Å². The molecule has 2 amide bonds. The number of halogens is 1. The van der Waals surface area contributed by atoms with Crippen LogP contribution in [0.15, 0.2) is 41.4 Å². The number of hydrogen-bond donors (Lipinski definition) is 2. The van der Waals surface area contributed by atoms with Gasteiger partial charge in [-0.05, 0) is 43.4 Å². The molecule has 32 heavy (non-hydrogen) atoms. The molecule has 0 aliphatic carbocycles. The molecule has 2 saturated heterocycles.